The first kappa shape index (κ1) is 42.2. The quantitative estimate of drug-likeness (QED) is 0.0553. The number of carbonyl (C=O) groups excluding carboxylic acids is 1. The van der Waals surface area contributed by atoms with Crippen LogP contribution in [0, 0.1) is 0 Å². The van der Waals surface area contributed by atoms with Crippen molar-refractivity contribution in [3.8, 4) is 51.7 Å². The zero-order chi connectivity index (χ0) is 40.6. The standard InChI is InChI=1S/C45H56N2O10/c1-49-33-19-20-35-34(29-33)45(48)47-44(46-35)32-18-21-36(37(28-32)50-2)56-22-14-12-10-8-9-11-13-15-23-57-43-40(53-5)26-31(27-41(43)54-6)17-16-30-24-38(51-3)42(55-7)39(25-30)52-4/h16-21,24-29,44,46H,8-15,22-23H2,1-7H3,(H,47,48)/b17-16+. The molecule has 1 aliphatic rings. The zero-order valence-electron chi connectivity index (χ0n) is 34.2. The van der Waals surface area contributed by atoms with Gasteiger partial charge in [-0.3, -0.25) is 4.79 Å². The summed E-state index contributed by atoms with van der Waals surface area (Å²) >= 11 is 0. The summed E-state index contributed by atoms with van der Waals surface area (Å²) in [6.45, 7) is 1.18. The zero-order valence-corrected chi connectivity index (χ0v) is 34.2. The van der Waals surface area contributed by atoms with Gasteiger partial charge in [0.1, 0.15) is 11.9 Å². The van der Waals surface area contributed by atoms with E-state index in [4.69, 9.17) is 42.6 Å². The number of benzene rings is 4. The molecule has 0 bridgehead atoms. The molecular formula is C45H56N2O10. The number of carbonyl (C=O) groups is 1. The topological polar surface area (TPSA) is 124 Å². The van der Waals surface area contributed by atoms with Crippen LogP contribution in [0.15, 0.2) is 60.7 Å². The Balaban J connectivity index is 0.984. The molecule has 1 heterocycles. The van der Waals surface area contributed by atoms with Crippen LogP contribution in [0.5, 0.6) is 51.7 Å². The normalized spacial score (nSPS) is 13.2. The maximum absolute atomic E-state index is 12.8. The monoisotopic (exact) mass is 784 g/mol. The summed E-state index contributed by atoms with van der Waals surface area (Å²) in [6, 6.07) is 18.8. The number of amides is 1. The van der Waals surface area contributed by atoms with E-state index in [0.717, 1.165) is 60.9 Å². The molecule has 0 fully saturated rings. The lowest BCUT2D eigenvalue weighted by Crippen LogP contribution is -2.38. The number of fused-ring (bicyclic) bond motifs is 1. The summed E-state index contributed by atoms with van der Waals surface area (Å²) in [5.41, 5.74) is 3.94. The van der Waals surface area contributed by atoms with E-state index in [1.165, 1.54) is 12.8 Å². The van der Waals surface area contributed by atoms with E-state index in [-0.39, 0.29) is 5.91 Å². The molecule has 1 aliphatic heterocycles. The Morgan fingerprint density at radius 3 is 1.54 bits per heavy atom. The lowest BCUT2D eigenvalue weighted by atomic mass is 10.0. The summed E-state index contributed by atoms with van der Waals surface area (Å²) in [5, 5.41) is 6.39. The Morgan fingerprint density at radius 1 is 0.491 bits per heavy atom. The van der Waals surface area contributed by atoms with Gasteiger partial charge in [0.2, 0.25) is 11.5 Å². The average molecular weight is 785 g/mol. The largest absolute Gasteiger partial charge is 0.497 e. The van der Waals surface area contributed by atoms with Crippen LogP contribution in [0.4, 0.5) is 5.69 Å². The molecule has 0 spiro atoms. The van der Waals surface area contributed by atoms with E-state index in [1.807, 2.05) is 66.7 Å². The van der Waals surface area contributed by atoms with Crippen molar-refractivity contribution in [1.29, 1.82) is 0 Å². The molecule has 12 heteroatoms. The Labute approximate surface area is 336 Å². The highest BCUT2D eigenvalue weighted by Gasteiger charge is 2.26. The third kappa shape index (κ3) is 11.1. The van der Waals surface area contributed by atoms with E-state index in [1.54, 1.807) is 55.8 Å². The lowest BCUT2D eigenvalue weighted by molar-refractivity contribution is 0.0935. The fourth-order valence-corrected chi connectivity index (χ4v) is 6.66. The highest BCUT2D eigenvalue weighted by Crippen LogP contribution is 2.41. The number of hydrogen-bond donors (Lipinski definition) is 2. The number of ether oxygens (including phenoxy) is 9. The Bertz CT molecular complexity index is 1910. The minimum atomic E-state index is -0.392. The summed E-state index contributed by atoms with van der Waals surface area (Å²) in [6.07, 6.45) is 12.3. The maximum Gasteiger partial charge on any atom is 0.255 e. The molecule has 4 aromatic rings. The molecule has 0 aliphatic carbocycles. The van der Waals surface area contributed by atoms with Crippen molar-refractivity contribution in [1.82, 2.24) is 5.32 Å². The Morgan fingerprint density at radius 2 is 1.02 bits per heavy atom. The van der Waals surface area contributed by atoms with E-state index in [2.05, 4.69) is 10.6 Å². The summed E-state index contributed by atoms with van der Waals surface area (Å²) < 4.78 is 50.9. The van der Waals surface area contributed by atoms with E-state index in [0.29, 0.717) is 70.5 Å². The van der Waals surface area contributed by atoms with Gasteiger partial charge in [0.15, 0.2) is 34.5 Å². The molecule has 0 aromatic heterocycles. The van der Waals surface area contributed by atoms with E-state index < -0.39 is 6.17 Å². The van der Waals surface area contributed by atoms with Crippen molar-refractivity contribution in [3.63, 3.8) is 0 Å². The van der Waals surface area contributed by atoms with Crippen molar-refractivity contribution < 1.29 is 47.4 Å². The number of hydrogen-bond acceptors (Lipinski definition) is 11. The van der Waals surface area contributed by atoms with E-state index in [9.17, 15) is 4.79 Å². The predicted octanol–water partition coefficient (Wildman–Crippen LogP) is 9.35. The Kier molecular flexibility index (Phi) is 15.9. The predicted molar refractivity (Wildman–Crippen MR) is 222 cm³/mol. The smallest absolute Gasteiger partial charge is 0.255 e. The van der Waals surface area contributed by atoms with Crippen LogP contribution in [0.1, 0.15) is 84.6 Å². The molecule has 12 nitrogen and oxygen atoms in total. The van der Waals surface area contributed by atoms with Gasteiger partial charge >= 0.3 is 0 Å². The van der Waals surface area contributed by atoms with Crippen LogP contribution in [-0.2, 0) is 0 Å². The number of methoxy groups -OCH3 is 7. The first-order chi connectivity index (χ1) is 27.8. The van der Waals surface area contributed by atoms with Gasteiger partial charge in [0, 0.05) is 5.69 Å². The highest BCUT2D eigenvalue weighted by atomic mass is 16.5. The van der Waals surface area contributed by atoms with Crippen LogP contribution in [0.3, 0.4) is 0 Å². The van der Waals surface area contributed by atoms with Gasteiger partial charge < -0.3 is 53.3 Å². The maximum atomic E-state index is 12.8. The van der Waals surface area contributed by atoms with Gasteiger partial charge in [-0.2, -0.15) is 0 Å². The van der Waals surface area contributed by atoms with Crippen LogP contribution in [0.2, 0.25) is 0 Å². The van der Waals surface area contributed by atoms with Crippen molar-refractivity contribution in [2.75, 3.05) is 68.3 Å². The summed E-state index contributed by atoms with van der Waals surface area (Å²) in [4.78, 5) is 12.8. The second-order valence-corrected chi connectivity index (χ2v) is 13.4. The van der Waals surface area contributed by atoms with Crippen molar-refractivity contribution in [3.05, 3.63) is 82.9 Å². The minimum absolute atomic E-state index is 0.165. The fraction of sp³-hybridized carbons (Fsp3) is 0.400. The molecule has 1 unspecified atom stereocenters. The molecular weight excluding hydrogens is 728 g/mol. The van der Waals surface area contributed by atoms with Gasteiger partial charge in [-0.05, 0) is 84.1 Å². The average Bonchev–Trinajstić information content (AvgIpc) is 3.25. The molecule has 0 radical (unpaired) electrons. The van der Waals surface area contributed by atoms with Gasteiger partial charge in [-0.15, -0.1) is 0 Å². The summed E-state index contributed by atoms with van der Waals surface area (Å²) in [5.74, 6) is 5.31. The molecule has 57 heavy (non-hydrogen) atoms. The van der Waals surface area contributed by atoms with Gasteiger partial charge in [-0.25, -0.2) is 0 Å². The first-order valence-corrected chi connectivity index (χ1v) is 19.3. The number of anilines is 1. The van der Waals surface area contributed by atoms with Crippen molar-refractivity contribution in [2.24, 2.45) is 0 Å². The van der Waals surface area contributed by atoms with Crippen LogP contribution < -0.4 is 53.3 Å². The van der Waals surface area contributed by atoms with Crippen LogP contribution >= 0.6 is 0 Å². The molecule has 2 N–H and O–H groups in total. The van der Waals surface area contributed by atoms with Gasteiger partial charge in [0.25, 0.3) is 5.91 Å². The Hall–Kier alpha value is -5.91. The van der Waals surface area contributed by atoms with Gasteiger partial charge in [0.05, 0.1) is 68.5 Å². The van der Waals surface area contributed by atoms with E-state index >= 15 is 0 Å². The molecule has 306 valence electrons. The van der Waals surface area contributed by atoms with Gasteiger partial charge in [-0.1, -0.05) is 56.7 Å². The minimum Gasteiger partial charge on any atom is -0.497 e. The fourth-order valence-electron chi connectivity index (χ4n) is 6.66. The highest BCUT2D eigenvalue weighted by molar-refractivity contribution is 6.02. The third-order valence-corrected chi connectivity index (χ3v) is 9.75. The third-order valence-electron chi connectivity index (χ3n) is 9.75. The first-order valence-electron chi connectivity index (χ1n) is 19.3. The second-order valence-electron chi connectivity index (χ2n) is 13.4. The number of rotatable bonds is 23. The molecule has 1 atom stereocenters. The number of unbranched alkanes of at least 4 members (excludes halogenated alkanes) is 7. The van der Waals surface area contributed by atoms with Crippen molar-refractivity contribution in [2.45, 2.75) is 57.5 Å². The number of nitrogens with one attached hydrogen (secondary N) is 2. The molecule has 4 aromatic carbocycles. The van der Waals surface area contributed by atoms with Crippen LogP contribution in [-0.4, -0.2) is 68.9 Å². The SMILES string of the molecule is COc1ccc2c(c1)C(=O)NC(c1ccc(OCCCCCCCCCCOc3c(OC)cc(/C=C/c4cc(OC)c(OC)c(OC)c4)cc3OC)c(OC)c1)N2. The second kappa shape index (κ2) is 21.4. The van der Waals surface area contributed by atoms with Crippen molar-refractivity contribution >= 4 is 23.7 Å². The molecule has 1 amide bonds. The molecule has 0 saturated carbocycles. The molecule has 0 saturated heterocycles. The summed E-state index contributed by atoms with van der Waals surface area (Å²) in [7, 11) is 11.2. The van der Waals surface area contributed by atoms with Crippen LogP contribution in [0.25, 0.3) is 12.2 Å². The lowest BCUT2D eigenvalue weighted by Gasteiger charge is -2.28. The molecule has 5 rings (SSSR count).